The van der Waals surface area contributed by atoms with E-state index in [4.69, 9.17) is 11.6 Å². The van der Waals surface area contributed by atoms with Crippen molar-refractivity contribution >= 4 is 32.5 Å². The molecule has 6 heteroatoms. The van der Waals surface area contributed by atoms with Crippen molar-refractivity contribution < 1.29 is 8.42 Å². The van der Waals surface area contributed by atoms with Crippen molar-refractivity contribution in [3.05, 3.63) is 100 Å². The zero-order valence-corrected chi connectivity index (χ0v) is 21.1. The van der Waals surface area contributed by atoms with Gasteiger partial charge < -0.3 is 4.57 Å². The van der Waals surface area contributed by atoms with Gasteiger partial charge in [0.15, 0.2) is 0 Å². The first-order chi connectivity index (χ1) is 16.3. The molecule has 4 aromatic rings. The fourth-order valence-corrected chi connectivity index (χ4v) is 7.09. The average Bonchev–Trinajstić information content (AvgIpc) is 3.10. The minimum absolute atomic E-state index is 0.328. The first-order valence-electron chi connectivity index (χ1n) is 11.7. The van der Waals surface area contributed by atoms with E-state index in [-0.39, 0.29) is 0 Å². The monoisotopic (exact) mass is 492 g/mol. The van der Waals surface area contributed by atoms with E-state index in [1.165, 1.54) is 27.7 Å². The molecule has 0 spiro atoms. The van der Waals surface area contributed by atoms with Gasteiger partial charge in [-0.1, -0.05) is 54.1 Å². The van der Waals surface area contributed by atoms with Crippen molar-refractivity contribution in [2.45, 2.75) is 44.0 Å². The summed E-state index contributed by atoms with van der Waals surface area (Å²) in [6, 6.07) is 23.7. The number of rotatable bonds is 5. The highest BCUT2D eigenvalue weighted by Gasteiger charge is 2.32. The van der Waals surface area contributed by atoms with Gasteiger partial charge in [-0.3, -0.25) is 0 Å². The van der Waals surface area contributed by atoms with Gasteiger partial charge in [0, 0.05) is 41.3 Å². The summed E-state index contributed by atoms with van der Waals surface area (Å²) in [6.07, 6.45) is 1.63. The van der Waals surface area contributed by atoms with Gasteiger partial charge in [0.25, 0.3) is 0 Å². The summed E-state index contributed by atoms with van der Waals surface area (Å²) < 4.78 is 30.4. The minimum Gasteiger partial charge on any atom is -0.340 e. The highest BCUT2D eigenvalue weighted by molar-refractivity contribution is 7.89. The number of aryl methyl sites for hydroxylation is 1. The number of para-hydroxylation sites is 1. The van der Waals surface area contributed by atoms with E-state index in [0.717, 1.165) is 30.0 Å². The fraction of sp³-hybridized carbons (Fsp3) is 0.286. The molecule has 0 radical (unpaired) electrons. The van der Waals surface area contributed by atoms with Gasteiger partial charge >= 0.3 is 0 Å². The van der Waals surface area contributed by atoms with Crippen LogP contribution in [0.3, 0.4) is 0 Å². The lowest BCUT2D eigenvalue weighted by Gasteiger charge is -2.31. The van der Waals surface area contributed by atoms with Crippen LogP contribution in [-0.2, 0) is 16.6 Å². The van der Waals surface area contributed by atoms with Gasteiger partial charge in [-0.05, 0) is 79.6 Å². The van der Waals surface area contributed by atoms with Crippen LogP contribution in [0.1, 0.15) is 41.1 Å². The highest BCUT2D eigenvalue weighted by atomic mass is 35.5. The second kappa shape index (κ2) is 9.21. The van der Waals surface area contributed by atoms with Crippen molar-refractivity contribution in [1.82, 2.24) is 8.87 Å². The predicted molar refractivity (Wildman–Crippen MR) is 139 cm³/mol. The molecule has 34 heavy (non-hydrogen) atoms. The molecule has 5 rings (SSSR count). The summed E-state index contributed by atoms with van der Waals surface area (Å²) in [4.78, 5) is 0.389. The molecule has 4 nitrogen and oxygen atoms in total. The third-order valence-electron chi connectivity index (χ3n) is 7.00. The molecule has 0 aliphatic carbocycles. The van der Waals surface area contributed by atoms with Crippen molar-refractivity contribution in [2.24, 2.45) is 0 Å². The quantitative estimate of drug-likeness (QED) is 0.318. The number of sulfonamides is 1. The topological polar surface area (TPSA) is 42.3 Å². The van der Waals surface area contributed by atoms with Gasteiger partial charge in [0.05, 0.1) is 4.90 Å². The van der Waals surface area contributed by atoms with Gasteiger partial charge in [-0.2, -0.15) is 4.31 Å². The molecule has 1 aliphatic rings. The molecule has 0 unspecified atom stereocenters. The maximum atomic E-state index is 13.2. The van der Waals surface area contributed by atoms with Crippen LogP contribution in [0.4, 0.5) is 0 Å². The molecule has 1 aromatic heterocycles. The summed E-state index contributed by atoms with van der Waals surface area (Å²) >= 11 is 6.24. The van der Waals surface area contributed by atoms with Crippen molar-refractivity contribution in [2.75, 3.05) is 13.1 Å². The standard InChI is InChI=1S/C28H29ClN2O2S/c1-20-7-5-10-25(17-20)34(32,33)30-15-13-23(14-16-30)28-21(2)31(27-12-4-3-11-26(27)28)19-22-8-6-9-24(29)18-22/h3-12,17-18,23H,13-16,19H2,1-2H3. The van der Waals surface area contributed by atoms with Gasteiger partial charge in [0.1, 0.15) is 0 Å². The lowest BCUT2D eigenvalue weighted by molar-refractivity contribution is 0.319. The Labute approximate surface area is 206 Å². The lowest BCUT2D eigenvalue weighted by Crippen LogP contribution is -2.38. The number of aromatic nitrogens is 1. The highest BCUT2D eigenvalue weighted by Crippen LogP contribution is 2.38. The molecule has 0 amide bonds. The Hall–Kier alpha value is -2.60. The summed E-state index contributed by atoms with van der Waals surface area (Å²) in [6.45, 7) is 5.94. The zero-order valence-electron chi connectivity index (χ0n) is 19.5. The molecule has 1 aliphatic heterocycles. The van der Waals surface area contributed by atoms with Crippen LogP contribution in [0.5, 0.6) is 0 Å². The van der Waals surface area contributed by atoms with Gasteiger partial charge in [0.2, 0.25) is 10.0 Å². The summed E-state index contributed by atoms with van der Waals surface area (Å²) in [5.74, 6) is 0.328. The lowest BCUT2D eigenvalue weighted by atomic mass is 9.88. The smallest absolute Gasteiger partial charge is 0.243 e. The number of fused-ring (bicyclic) bond motifs is 1. The molecule has 3 aromatic carbocycles. The van der Waals surface area contributed by atoms with Crippen molar-refractivity contribution in [1.29, 1.82) is 0 Å². The molecular formula is C28H29ClN2O2S. The van der Waals surface area contributed by atoms with Crippen LogP contribution in [0.15, 0.2) is 77.7 Å². The van der Waals surface area contributed by atoms with Crippen LogP contribution in [0, 0.1) is 13.8 Å². The summed E-state index contributed by atoms with van der Waals surface area (Å²) in [7, 11) is -3.47. The average molecular weight is 493 g/mol. The number of halogens is 1. The number of benzene rings is 3. The Morgan fingerprint density at radius 2 is 1.65 bits per heavy atom. The first kappa shape index (κ1) is 23.2. The number of nitrogens with zero attached hydrogens (tertiary/aromatic N) is 2. The maximum Gasteiger partial charge on any atom is 0.243 e. The van der Waals surface area contributed by atoms with Crippen molar-refractivity contribution in [3.8, 4) is 0 Å². The predicted octanol–water partition coefficient (Wildman–Crippen LogP) is 6.53. The van der Waals surface area contributed by atoms with Crippen LogP contribution >= 0.6 is 11.6 Å². The number of hydrogen-bond acceptors (Lipinski definition) is 2. The molecule has 1 saturated heterocycles. The third-order valence-corrected chi connectivity index (χ3v) is 9.13. The number of hydrogen-bond donors (Lipinski definition) is 0. The largest absolute Gasteiger partial charge is 0.340 e. The van der Waals surface area contributed by atoms with E-state index >= 15 is 0 Å². The minimum atomic E-state index is -3.47. The Kier molecular flexibility index (Phi) is 6.28. The van der Waals surface area contributed by atoms with Crippen LogP contribution < -0.4 is 0 Å². The molecular weight excluding hydrogens is 464 g/mol. The van der Waals surface area contributed by atoms with E-state index in [1.54, 1.807) is 16.4 Å². The van der Waals surface area contributed by atoms with Crippen molar-refractivity contribution in [3.63, 3.8) is 0 Å². The summed E-state index contributed by atoms with van der Waals surface area (Å²) in [5.41, 5.74) is 5.94. The SMILES string of the molecule is Cc1cccc(S(=O)(=O)N2CCC(c3c(C)n(Cc4cccc(Cl)c4)c4ccccc34)CC2)c1. The molecule has 2 heterocycles. The second-order valence-electron chi connectivity index (χ2n) is 9.23. The molecule has 1 fully saturated rings. The maximum absolute atomic E-state index is 13.2. The van der Waals surface area contributed by atoms with Gasteiger partial charge in [-0.15, -0.1) is 0 Å². The summed E-state index contributed by atoms with van der Waals surface area (Å²) in [5, 5.41) is 2.01. The van der Waals surface area contributed by atoms with E-state index < -0.39 is 10.0 Å². The van der Waals surface area contributed by atoms with Crippen LogP contribution in [-0.4, -0.2) is 30.4 Å². The third kappa shape index (κ3) is 4.28. The normalized spacial score (nSPS) is 15.7. The molecule has 0 saturated carbocycles. The Bertz CT molecular complexity index is 1450. The van der Waals surface area contributed by atoms with E-state index in [1.807, 2.05) is 37.3 Å². The molecule has 0 N–H and O–H groups in total. The van der Waals surface area contributed by atoms with Gasteiger partial charge in [-0.25, -0.2) is 8.42 Å². The number of piperidine rings is 1. The van der Waals surface area contributed by atoms with E-state index in [2.05, 4.69) is 41.8 Å². The fourth-order valence-electron chi connectivity index (χ4n) is 5.30. The van der Waals surface area contributed by atoms with Crippen LogP contribution in [0.2, 0.25) is 5.02 Å². The Morgan fingerprint density at radius 3 is 2.38 bits per heavy atom. The zero-order chi connectivity index (χ0) is 23.9. The second-order valence-corrected chi connectivity index (χ2v) is 11.6. The Balaban J connectivity index is 1.43. The molecule has 0 bridgehead atoms. The Morgan fingerprint density at radius 1 is 0.912 bits per heavy atom. The first-order valence-corrected chi connectivity index (χ1v) is 13.6. The molecule has 0 atom stereocenters. The van der Waals surface area contributed by atoms with Crippen LogP contribution in [0.25, 0.3) is 10.9 Å². The van der Waals surface area contributed by atoms with E-state index in [0.29, 0.717) is 23.9 Å². The van der Waals surface area contributed by atoms with E-state index in [9.17, 15) is 8.42 Å². The molecule has 176 valence electrons.